The molecule has 10 nitrogen and oxygen atoms in total. The van der Waals surface area contributed by atoms with Crippen molar-refractivity contribution in [3.8, 4) is 6.07 Å². The van der Waals surface area contributed by atoms with Crippen LogP contribution in [0.1, 0.15) is 66.5 Å². The van der Waals surface area contributed by atoms with Crippen LogP contribution in [0.4, 0.5) is 0 Å². The van der Waals surface area contributed by atoms with Crippen LogP contribution in [0.5, 0.6) is 0 Å². The second-order valence-electron chi connectivity index (χ2n) is 12.7. The van der Waals surface area contributed by atoms with Gasteiger partial charge in [0, 0.05) is 10.8 Å². The second-order valence-corrected chi connectivity index (χ2v) is 12.7. The number of hydrogen-bond donors (Lipinski definition) is 0. The summed E-state index contributed by atoms with van der Waals surface area (Å²) >= 11 is 0. The maximum atomic E-state index is 12.6. The molecule has 0 atom stereocenters. The molecule has 10 heteroatoms. The Morgan fingerprint density at radius 2 is 1.16 bits per heavy atom. The molecule has 0 unspecified atom stereocenters. The third-order valence-corrected chi connectivity index (χ3v) is 7.47. The van der Waals surface area contributed by atoms with Crippen LogP contribution in [0, 0.1) is 34.1 Å². The predicted molar refractivity (Wildman–Crippen MR) is 187 cm³/mol. The minimum Gasteiger partial charge on any atom is -0.470 e. The molecular weight excluding hydrogens is 624 g/mol. The van der Waals surface area contributed by atoms with Crippen molar-refractivity contribution in [2.45, 2.75) is 68.0 Å². The summed E-state index contributed by atoms with van der Waals surface area (Å²) < 4.78 is 35.3. The molecule has 0 saturated carbocycles. The van der Waals surface area contributed by atoms with Crippen LogP contribution in [-0.2, 0) is 38.0 Å². The van der Waals surface area contributed by atoms with Crippen molar-refractivity contribution in [1.29, 1.82) is 5.26 Å². The molecule has 2 aliphatic heterocycles. The number of carbonyl (C=O) groups excluding carboxylic acids is 2. The van der Waals surface area contributed by atoms with E-state index < -0.39 is 40.8 Å². The molecule has 264 valence electrons. The molecule has 0 N–H and O–H groups in total. The molecule has 0 radical (unpaired) electrons. The van der Waals surface area contributed by atoms with Crippen molar-refractivity contribution in [3.05, 3.63) is 94.5 Å². The predicted octanol–water partition coefficient (Wildman–Crippen LogP) is 7.48. The number of esters is 2. The van der Waals surface area contributed by atoms with E-state index in [0.29, 0.717) is 26.4 Å². The first-order valence-corrected chi connectivity index (χ1v) is 16.6. The van der Waals surface area contributed by atoms with E-state index in [1.807, 2.05) is 97.9 Å². The lowest BCUT2D eigenvalue weighted by atomic mass is 9.86. The highest BCUT2D eigenvalue weighted by atomic mass is 16.7. The molecule has 0 bridgehead atoms. The Kier molecular flexibility index (Phi) is 16.4. The molecule has 2 heterocycles. The van der Waals surface area contributed by atoms with E-state index in [9.17, 15) is 14.9 Å². The molecular formula is C39H50N2O8. The average molecular weight is 675 g/mol. The third kappa shape index (κ3) is 12.0. The van der Waals surface area contributed by atoms with Crippen LogP contribution in [0.3, 0.4) is 0 Å². The van der Waals surface area contributed by atoms with Gasteiger partial charge in [0.15, 0.2) is 12.6 Å². The van der Waals surface area contributed by atoms with Crippen LogP contribution in [0.25, 0.3) is 17.0 Å². The first-order valence-electron chi connectivity index (χ1n) is 16.6. The minimum absolute atomic E-state index is 0.0127. The smallest absolute Gasteiger partial charge is 0.348 e. The van der Waals surface area contributed by atoms with Gasteiger partial charge < -0.3 is 28.4 Å². The molecule has 2 saturated heterocycles. The van der Waals surface area contributed by atoms with E-state index in [-0.39, 0.29) is 24.5 Å². The maximum absolute atomic E-state index is 12.6. The SMILES string of the molecule is CC.CC.[C-]#[N+]/C(=C/c1ccccc1)C(=O)OCC(C)(C)C1OCC2(COC(C(C)(C)COC(=O)/C(C#N)=C\c3ccccc3)OC2)CO1. The lowest BCUT2D eigenvalue weighted by Crippen LogP contribution is -2.57. The highest BCUT2D eigenvalue weighted by Crippen LogP contribution is 2.38. The molecule has 0 aromatic heterocycles. The maximum Gasteiger partial charge on any atom is 0.348 e. The van der Waals surface area contributed by atoms with Crippen molar-refractivity contribution < 1.29 is 38.0 Å². The van der Waals surface area contributed by atoms with Crippen molar-refractivity contribution in [2.24, 2.45) is 16.2 Å². The Hall–Kier alpha value is -4.32. The zero-order valence-electron chi connectivity index (χ0n) is 30.0. The van der Waals surface area contributed by atoms with Gasteiger partial charge in [-0.05, 0) is 23.3 Å². The fourth-order valence-electron chi connectivity index (χ4n) is 4.75. The van der Waals surface area contributed by atoms with Gasteiger partial charge in [-0.3, -0.25) is 4.79 Å². The van der Waals surface area contributed by atoms with Crippen LogP contribution >= 0.6 is 0 Å². The molecule has 2 aromatic carbocycles. The quantitative estimate of drug-likeness (QED) is 0.109. The second kappa shape index (κ2) is 19.6. The Bertz CT molecular complexity index is 1350. The van der Waals surface area contributed by atoms with Crippen LogP contribution in [0.2, 0.25) is 0 Å². The number of nitrogens with zero attached hydrogens (tertiary/aromatic N) is 2. The van der Waals surface area contributed by atoms with Crippen molar-refractivity contribution in [2.75, 3.05) is 39.6 Å². The molecule has 2 aliphatic rings. The Labute approximate surface area is 291 Å². The summed E-state index contributed by atoms with van der Waals surface area (Å²) in [6.45, 7) is 24.0. The van der Waals surface area contributed by atoms with E-state index in [0.717, 1.165) is 11.1 Å². The topological polar surface area (TPSA) is 118 Å². The summed E-state index contributed by atoms with van der Waals surface area (Å²) in [5.41, 5.74) is -0.678. The molecule has 49 heavy (non-hydrogen) atoms. The van der Waals surface area contributed by atoms with Crippen molar-refractivity contribution in [3.63, 3.8) is 0 Å². The lowest BCUT2D eigenvalue weighted by Gasteiger charge is -2.48. The van der Waals surface area contributed by atoms with E-state index in [4.69, 9.17) is 35.0 Å². The zero-order valence-corrected chi connectivity index (χ0v) is 30.0. The van der Waals surface area contributed by atoms with Gasteiger partial charge in [0.05, 0.1) is 38.4 Å². The minimum atomic E-state index is -0.715. The van der Waals surface area contributed by atoms with Gasteiger partial charge in [0.1, 0.15) is 24.9 Å². The normalized spacial score (nSPS) is 21.0. The van der Waals surface area contributed by atoms with E-state index in [2.05, 4.69) is 4.85 Å². The van der Waals surface area contributed by atoms with E-state index in [1.54, 1.807) is 24.3 Å². The number of rotatable bonds is 10. The van der Waals surface area contributed by atoms with Gasteiger partial charge in [-0.25, -0.2) is 9.64 Å². The first kappa shape index (κ1) is 40.9. The highest BCUT2D eigenvalue weighted by Gasteiger charge is 2.48. The number of ether oxygens (including phenoxy) is 6. The molecule has 0 amide bonds. The van der Waals surface area contributed by atoms with Gasteiger partial charge in [0.25, 0.3) is 5.70 Å². The van der Waals surface area contributed by atoms with Crippen LogP contribution < -0.4 is 0 Å². The number of carbonyl (C=O) groups is 2. The summed E-state index contributed by atoms with van der Waals surface area (Å²) in [6.07, 6.45) is 1.67. The monoisotopic (exact) mass is 674 g/mol. The van der Waals surface area contributed by atoms with Crippen molar-refractivity contribution in [1.82, 2.24) is 0 Å². The van der Waals surface area contributed by atoms with Gasteiger partial charge in [-0.15, -0.1) is 0 Å². The molecule has 0 aliphatic carbocycles. The Balaban J connectivity index is 0.00000201. The number of hydrogen-bond acceptors (Lipinski definition) is 9. The summed E-state index contributed by atoms with van der Waals surface area (Å²) in [5.74, 6) is -1.42. The standard InChI is InChI=1S/C35H38N2O8.2C2H6/c1-33(2,19-40-29(38)27(18-36)16-25-12-8-6-9-13-25)31-42-21-35(22-43-31)23-44-32(45-24-35)34(3,4)20-41-30(39)28(37-5)17-26-14-10-7-11-15-26;2*1-2/h6-17,31-32H,19-24H2,1-4H3;2*1-2H3/b27-16-,28-17+;;. The zero-order chi connectivity index (χ0) is 36.5. The average Bonchev–Trinajstić information content (AvgIpc) is 3.14. The molecule has 4 rings (SSSR count). The lowest BCUT2D eigenvalue weighted by molar-refractivity contribution is -0.337. The Morgan fingerprint density at radius 1 is 0.776 bits per heavy atom. The van der Waals surface area contributed by atoms with Crippen LogP contribution in [-0.4, -0.2) is 64.2 Å². The summed E-state index contributed by atoms with van der Waals surface area (Å²) in [6, 6.07) is 20.1. The Morgan fingerprint density at radius 3 is 1.55 bits per heavy atom. The fourth-order valence-corrected chi connectivity index (χ4v) is 4.75. The largest absolute Gasteiger partial charge is 0.470 e. The summed E-state index contributed by atoms with van der Waals surface area (Å²) in [7, 11) is 0. The molecule has 2 aromatic rings. The number of benzene rings is 2. The third-order valence-electron chi connectivity index (χ3n) is 7.47. The van der Waals surface area contributed by atoms with Crippen molar-refractivity contribution >= 4 is 24.1 Å². The highest BCUT2D eigenvalue weighted by molar-refractivity contribution is 5.98. The van der Waals surface area contributed by atoms with Crippen LogP contribution in [0.15, 0.2) is 71.9 Å². The first-order chi connectivity index (χ1) is 23.5. The van der Waals surface area contributed by atoms with Gasteiger partial charge >= 0.3 is 11.9 Å². The van der Waals surface area contributed by atoms with E-state index >= 15 is 0 Å². The van der Waals surface area contributed by atoms with Gasteiger partial charge in [-0.1, -0.05) is 116 Å². The fraction of sp³-hybridized carbons (Fsp3) is 0.487. The number of nitriles is 1. The van der Waals surface area contributed by atoms with E-state index in [1.165, 1.54) is 12.2 Å². The molecule has 1 spiro atoms. The molecule has 2 fully saturated rings. The summed E-state index contributed by atoms with van der Waals surface area (Å²) in [4.78, 5) is 28.5. The van der Waals surface area contributed by atoms with Gasteiger partial charge in [0.2, 0.25) is 0 Å². The summed E-state index contributed by atoms with van der Waals surface area (Å²) in [5, 5.41) is 9.45. The van der Waals surface area contributed by atoms with Gasteiger partial charge in [-0.2, -0.15) is 5.26 Å².